The van der Waals surface area contributed by atoms with Crippen LogP contribution in [0.25, 0.3) is 11.1 Å². The summed E-state index contributed by atoms with van der Waals surface area (Å²) >= 11 is 1.67. The number of hydrogen-bond acceptors (Lipinski definition) is 4. The Morgan fingerprint density at radius 1 is 1.04 bits per heavy atom. The maximum absolute atomic E-state index is 12.4. The smallest absolute Gasteiger partial charge is 0.251 e. The molecular weight excluding hydrogens is 346 g/mol. The maximum atomic E-state index is 12.4. The van der Waals surface area contributed by atoms with Gasteiger partial charge in [-0.05, 0) is 57.8 Å². The van der Waals surface area contributed by atoms with Crippen LogP contribution < -0.4 is 10.1 Å². The summed E-state index contributed by atoms with van der Waals surface area (Å²) in [4.78, 5) is 12.4. The summed E-state index contributed by atoms with van der Waals surface area (Å²) in [6.45, 7) is 1.50. The van der Waals surface area contributed by atoms with Crippen molar-refractivity contribution in [3.63, 3.8) is 0 Å². The van der Waals surface area contributed by atoms with E-state index in [4.69, 9.17) is 9.47 Å². The van der Waals surface area contributed by atoms with Crippen LogP contribution in [0, 0.1) is 0 Å². The number of rotatable bonds is 8. The number of amides is 1. The molecule has 0 aliphatic heterocycles. The number of methoxy groups -OCH3 is 1. The quantitative estimate of drug-likeness (QED) is 0.602. The van der Waals surface area contributed by atoms with Crippen molar-refractivity contribution < 1.29 is 14.3 Å². The first-order valence-corrected chi connectivity index (χ1v) is 9.32. The molecule has 0 aliphatic rings. The van der Waals surface area contributed by atoms with E-state index in [2.05, 4.69) is 28.2 Å². The van der Waals surface area contributed by atoms with E-state index < -0.39 is 0 Å². The van der Waals surface area contributed by atoms with Crippen LogP contribution in [0.5, 0.6) is 5.75 Å². The molecule has 0 saturated carbocycles. The molecule has 5 heteroatoms. The highest BCUT2D eigenvalue weighted by molar-refractivity contribution is 7.08. The zero-order valence-corrected chi connectivity index (χ0v) is 15.4. The first-order valence-electron chi connectivity index (χ1n) is 8.38. The second kappa shape index (κ2) is 9.17. The van der Waals surface area contributed by atoms with Gasteiger partial charge >= 0.3 is 0 Å². The van der Waals surface area contributed by atoms with Crippen LogP contribution in [-0.4, -0.2) is 26.2 Å². The third-order valence-corrected chi connectivity index (χ3v) is 4.64. The van der Waals surface area contributed by atoms with Crippen molar-refractivity contribution in [2.75, 3.05) is 20.3 Å². The molecule has 26 heavy (non-hydrogen) atoms. The van der Waals surface area contributed by atoms with Crippen molar-refractivity contribution in [1.82, 2.24) is 5.32 Å². The minimum Gasteiger partial charge on any atom is -0.491 e. The van der Waals surface area contributed by atoms with Crippen molar-refractivity contribution in [3.8, 4) is 16.9 Å². The Kier molecular flexibility index (Phi) is 6.41. The van der Waals surface area contributed by atoms with Crippen LogP contribution in [0.1, 0.15) is 15.9 Å². The molecular formula is C21H21NO3S. The minimum absolute atomic E-state index is 0.103. The number of hydrogen-bond donors (Lipinski definition) is 1. The van der Waals surface area contributed by atoms with Gasteiger partial charge in [-0.25, -0.2) is 0 Å². The molecule has 0 radical (unpaired) electrons. The molecule has 3 rings (SSSR count). The second-order valence-electron chi connectivity index (χ2n) is 5.72. The topological polar surface area (TPSA) is 47.6 Å². The van der Waals surface area contributed by atoms with E-state index in [-0.39, 0.29) is 5.91 Å². The van der Waals surface area contributed by atoms with E-state index in [1.807, 2.05) is 18.2 Å². The molecule has 0 atom stereocenters. The number of benzene rings is 2. The summed E-state index contributed by atoms with van der Waals surface area (Å²) in [7, 11) is 1.63. The largest absolute Gasteiger partial charge is 0.491 e. The van der Waals surface area contributed by atoms with Crippen molar-refractivity contribution in [2.45, 2.75) is 6.54 Å². The van der Waals surface area contributed by atoms with Gasteiger partial charge in [-0.1, -0.05) is 24.3 Å². The molecule has 1 aromatic heterocycles. The Morgan fingerprint density at radius 3 is 2.58 bits per heavy atom. The predicted octanol–water partition coefficient (Wildman–Crippen LogP) is 4.37. The van der Waals surface area contributed by atoms with E-state index in [0.29, 0.717) is 25.3 Å². The van der Waals surface area contributed by atoms with Crippen LogP contribution in [0.3, 0.4) is 0 Å². The van der Waals surface area contributed by atoms with Gasteiger partial charge in [-0.3, -0.25) is 4.79 Å². The van der Waals surface area contributed by atoms with E-state index in [1.54, 1.807) is 42.7 Å². The fraction of sp³-hybridized carbons (Fsp3) is 0.190. The molecule has 2 aromatic carbocycles. The number of nitrogens with one attached hydrogen (secondary N) is 1. The first kappa shape index (κ1) is 18.2. The highest BCUT2D eigenvalue weighted by atomic mass is 32.1. The molecule has 0 fully saturated rings. The fourth-order valence-corrected chi connectivity index (χ4v) is 3.25. The molecule has 1 N–H and O–H groups in total. The van der Waals surface area contributed by atoms with Gasteiger partial charge in [0.15, 0.2) is 0 Å². The van der Waals surface area contributed by atoms with Crippen molar-refractivity contribution in [1.29, 1.82) is 0 Å². The van der Waals surface area contributed by atoms with Gasteiger partial charge in [0.2, 0.25) is 0 Å². The summed E-state index contributed by atoms with van der Waals surface area (Å²) in [5.41, 5.74) is 4.03. The summed E-state index contributed by atoms with van der Waals surface area (Å²) < 4.78 is 10.5. The monoisotopic (exact) mass is 367 g/mol. The van der Waals surface area contributed by atoms with Crippen molar-refractivity contribution in [3.05, 3.63) is 76.5 Å². The molecule has 4 nitrogen and oxygen atoms in total. The predicted molar refractivity (Wildman–Crippen MR) is 105 cm³/mol. The van der Waals surface area contributed by atoms with Crippen LogP contribution in [0.15, 0.2) is 65.4 Å². The Balaban J connectivity index is 1.61. The molecule has 0 saturated heterocycles. The minimum atomic E-state index is -0.103. The van der Waals surface area contributed by atoms with Gasteiger partial charge < -0.3 is 14.8 Å². The molecule has 0 bridgehead atoms. The third-order valence-electron chi connectivity index (χ3n) is 3.96. The number of carbonyl (C=O) groups is 1. The zero-order chi connectivity index (χ0) is 18.2. The summed E-state index contributed by atoms with van der Waals surface area (Å²) in [5.74, 6) is 0.620. The van der Waals surface area contributed by atoms with E-state index in [9.17, 15) is 4.79 Å². The average molecular weight is 367 g/mol. The average Bonchev–Trinajstić information content (AvgIpc) is 3.22. The first-order chi connectivity index (χ1) is 12.8. The van der Waals surface area contributed by atoms with Crippen LogP contribution >= 0.6 is 11.3 Å². The standard InChI is InChI=1S/C21H21NO3S/c1-24-11-12-25-19-8-6-16(7-9-19)21(23)22-14-17-4-2-3-5-20(17)18-10-13-26-15-18/h2-10,13,15H,11-12,14H2,1H3,(H,22,23). The van der Waals surface area contributed by atoms with Gasteiger partial charge in [0.25, 0.3) is 5.91 Å². The Bertz CT molecular complexity index is 829. The van der Waals surface area contributed by atoms with Crippen LogP contribution in [0.2, 0.25) is 0 Å². The lowest BCUT2D eigenvalue weighted by Gasteiger charge is -2.10. The Labute approximate surface area is 157 Å². The molecule has 1 amide bonds. The van der Waals surface area contributed by atoms with Gasteiger partial charge in [0.1, 0.15) is 12.4 Å². The summed E-state index contributed by atoms with van der Waals surface area (Å²) in [6, 6.07) is 17.3. The van der Waals surface area contributed by atoms with Gasteiger partial charge in [-0.2, -0.15) is 11.3 Å². The molecule has 0 aliphatic carbocycles. The molecule has 0 unspecified atom stereocenters. The highest BCUT2D eigenvalue weighted by Gasteiger charge is 2.09. The number of carbonyl (C=O) groups excluding carboxylic acids is 1. The van der Waals surface area contributed by atoms with E-state index >= 15 is 0 Å². The summed E-state index contributed by atoms with van der Waals surface area (Å²) in [6.07, 6.45) is 0. The summed E-state index contributed by atoms with van der Waals surface area (Å²) in [5, 5.41) is 7.16. The SMILES string of the molecule is COCCOc1ccc(C(=O)NCc2ccccc2-c2ccsc2)cc1. The Morgan fingerprint density at radius 2 is 1.85 bits per heavy atom. The molecule has 1 heterocycles. The molecule has 134 valence electrons. The van der Waals surface area contributed by atoms with Crippen molar-refractivity contribution in [2.24, 2.45) is 0 Å². The van der Waals surface area contributed by atoms with Gasteiger partial charge in [-0.15, -0.1) is 0 Å². The number of ether oxygens (including phenoxy) is 2. The highest BCUT2D eigenvalue weighted by Crippen LogP contribution is 2.25. The fourth-order valence-electron chi connectivity index (χ4n) is 2.60. The van der Waals surface area contributed by atoms with Crippen LogP contribution in [-0.2, 0) is 11.3 Å². The lowest BCUT2D eigenvalue weighted by molar-refractivity contribution is 0.0951. The van der Waals surface area contributed by atoms with Gasteiger partial charge in [0.05, 0.1) is 6.61 Å². The third kappa shape index (κ3) is 4.71. The zero-order valence-electron chi connectivity index (χ0n) is 14.6. The van der Waals surface area contributed by atoms with E-state index in [0.717, 1.165) is 16.9 Å². The lowest BCUT2D eigenvalue weighted by atomic mass is 10.0. The second-order valence-corrected chi connectivity index (χ2v) is 6.50. The van der Waals surface area contributed by atoms with Crippen LogP contribution in [0.4, 0.5) is 0 Å². The molecule has 3 aromatic rings. The molecule has 0 spiro atoms. The Hall–Kier alpha value is -2.63. The normalized spacial score (nSPS) is 10.5. The number of thiophene rings is 1. The van der Waals surface area contributed by atoms with E-state index in [1.165, 1.54) is 5.56 Å². The van der Waals surface area contributed by atoms with Gasteiger partial charge in [0, 0.05) is 19.2 Å². The lowest BCUT2D eigenvalue weighted by Crippen LogP contribution is -2.23. The van der Waals surface area contributed by atoms with Crippen molar-refractivity contribution >= 4 is 17.2 Å². The maximum Gasteiger partial charge on any atom is 0.251 e.